The number of imide groups is 1. The van der Waals surface area contributed by atoms with E-state index in [1.165, 1.54) is 0 Å². The molecular formula is C24H22NO4-. The lowest BCUT2D eigenvalue weighted by atomic mass is 9.55. The van der Waals surface area contributed by atoms with Crippen molar-refractivity contribution in [2.75, 3.05) is 0 Å². The van der Waals surface area contributed by atoms with Gasteiger partial charge in [0.15, 0.2) is 0 Å². The van der Waals surface area contributed by atoms with E-state index in [0.29, 0.717) is 0 Å². The van der Waals surface area contributed by atoms with Gasteiger partial charge in [-0.25, -0.2) is 0 Å². The largest absolute Gasteiger partial charge is 0.548 e. The highest BCUT2D eigenvalue weighted by Gasteiger charge is 2.62. The van der Waals surface area contributed by atoms with Gasteiger partial charge in [-0.05, 0) is 34.6 Å². The van der Waals surface area contributed by atoms with E-state index in [0.717, 1.165) is 27.2 Å². The molecule has 5 heteroatoms. The molecule has 5 nitrogen and oxygen atoms in total. The van der Waals surface area contributed by atoms with Crippen LogP contribution in [-0.2, 0) is 14.4 Å². The monoisotopic (exact) mass is 388 g/mol. The molecule has 2 amide bonds. The third kappa shape index (κ3) is 2.36. The number of nitrogens with zero attached hydrogens (tertiary/aromatic N) is 1. The van der Waals surface area contributed by atoms with E-state index in [1.807, 2.05) is 62.4 Å². The van der Waals surface area contributed by atoms with Crippen molar-refractivity contribution in [3.05, 3.63) is 70.8 Å². The van der Waals surface area contributed by atoms with Gasteiger partial charge in [0.25, 0.3) is 0 Å². The predicted octanol–water partition coefficient (Wildman–Crippen LogP) is 2.04. The lowest BCUT2D eigenvalue weighted by Crippen LogP contribution is -2.51. The lowest BCUT2D eigenvalue weighted by Gasteiger charge is -2.45. The number of carboxylic acid groups (broad SMARTS) is 1. The van der Waals surface area contributed by atoms with Crippen LogP contribution in [0.2, 0.25) is 0 Å². The second-order valence-corrected chi connectivity index (χ2v) is 8.78. The SMILES string of the molecule is CC(C)C[C@H](C(=O)[O-])N1C(=O)[C@H]2C3c4ccccc4C(c4ccccc43)[C@@H]2C1=O. The van der Waals surface area contributed by atoms with Crippen molar-refractivity contribution in [2.24, 2.45) is 17.8 Å². The number of carbonyl (C=O) groups excluding carboxylic acids is 3. The molecule has 6 rings (SSSR count). The van der Waals surface area contributed by atoms with E-state index >= 15 is 0 Å². The van der Waals surface area contributed by atoms with Crippen molar-refractivity contribution in [3.8, 4) is 0 Å². The van der Waals surface area contributed by atoms with Gasteiger partial charge in [0, 0.05) is 11.8 Å². The van der Waals surface area contributed by atoms with Crippen LogP contribution < -0.4 is 5.11 Å². The van der Waals surface area contributed by atoms with Crippen molar-refractivity contribution in [1.29, 1.82) is 0 Å². The van der Waals surface area contributed by atoms with E-state index in [9.17, 15) is 19.5 Å². The zero-order valence-electron chi connectivity index (χ0n) is 16.4. The molecule has 148 valence electrons. The molecule has 3 aliphatic carbocycles. The Morgan fingerprint density at radius 1 is 0.862 bits per heavy atom. The molecular weight excluding hydrogens is 366 g/mol. The summed E-state index contributed by atoms with van der Waals surface area (Å²) in [5, 5.41) is 11.9. The molecule has 0 unspecified atom stereocenters. The molecule has 1 saturated heterocycles. The van der Waals surface area contributed by atoms with E-state index in [4.69, 9.17) is 0 Å². The summed E-state index contributed by atoms with van der Waals surface area (Å²) >= 11 is 0. The molecule has 1 aliphatic heterocycles. The van der Waals surface area contributed by atoms with E-state index in [2.05, 4.69) is 0 Å². The number of aliphatic carboxylic acids is 1. The molecule has 2 aromatic carbocycles. The van der Waals surface area contributed by atoms with Crippen molar-refractivity contribution < 1.29 is 19.5 Å². The Morgan fingerprint density at radius 2 is 1.24 bits per heavy atom. The minimum absolute atomic E-state index is 0.0206. The summed E-state index contributed by atoms with van der Waals surface area (Å²) < 4.78 is 0. The van der Waals surface area contributed by atoms with E-state index in [1.54, 1.807) is 0 Å². The van der Waals surface area contributed by atoms with Crippen molar-refractivity contribution in [3.63, 3.8) is 0 Å². The van der Waals surface area contributed by atoms with Crippen LogP contribution in [-0.4, -0.2) is 28.7 Å². The number of hydrogen-bond donors (Lipinski definition) is 0. The van der Waals surface area contributed by atoms with Crippen LogP contribution >= 0.6 is 0 Å². The van der Waals surface area contributed by atoms with Crippen LogP contribution in [0, 0.1) is 17.8 Å². The van der Waals surface area contributed by atoms with Gasteiger partial charge in [-0.15, -0.1) is 0 Å². The quantitative estimate of drug-likeness (QED) is 0.751. The van der Waals surface area contributed by atoms with E-state index < -0.39 is 23.8 Å². The molecule has 0 spiro atoms. The second kappa shape index (κ2) is 6.28. The zero-order valence-corrected chi connectivity index (χ0v) is 16.4. The Kier molecular flexibility index (Phi) is 3.92. The normalized spacial score (nSPS) is 27.6. The van der Waals surface area contributed by atoms with E-state index in [-0.39, 0.29) is 36.0 Å². The zero-order chi connectivity index (χ0) is 20.4. The number of hydrogen-bond acceptors (Lipinski definition) is 4. The third-order valence-electron chi connectivity index (χ3n) is 6.76. The fraction of sp³-hybridized carbons (Fsp3) is 0.375. The summed E-state index contributed by atoms with van der Waals surface area (Å²) in [4.78, 5) is 39.9. The second-order valence-electron chi connectivity index (χ2n) is 8.78. The van der Waals surface area contributed by atoms with Gasteiger partial charge in [0.05, 0.1) is 23.8 Å². The van der Waals surface area contributed by atoms with Gasteiger partial charge < -0.3 is 9.90 Å². The van der Waals surface area contributed by atoms with Gasteiger partial charge >= 0.3 is 0 Å². The van der Waals surface area contributed by atoms with Gasteiger partial charge in [-0.1, -0.05) is 62.4 Å². The van der Waals surface area contributed by atoms with Crippen LogP contribution in [0.4, 0.5) is 0 Å². The first-order valence-corrected chi connectivity index (χ1v) is 10.2. The van der Waals surface area contributed by atoms with Crippen molar-refractivity contribution in [1.82, 2.24) is 4.90 Å². The summed E-state index contributed by atoms with van der Waals surface area (Å²) in [6.07, 6.45) is 0.203. The predicted molar refractivity (Wildman–Crippen MR) is 104 cm³/mol. The maximum atomic E-state index is 13.5. The minimum Gasteiger partial charge on any atom is -0.548 e. The summed E-state index contributed by atoms with van der Waals surface area (Å²) in [7, 11) is 0. The molecule has 0 aromatic heterocycles. The van der Waals surface area contributed by atoms with Crippen LogP contribution in [0.5, 0.6) is 0 Å². The first-order chi connectivity index (χ1) is 13.9. The summed E-state index contributed by atoms with van der Waals surface area (Å²) in [5.74, 6) is -3.62. The van der Waals surface area contributed by atoms with Crippen LogP contribution in [0.15, 0.2) is 48.5 Å². The Morgan fingerprint density at radius 3 is 1.55 bits per heavy atom. The highest BCUT2D eigenvalue weighted by Crippen LogP contribution is 2.61. The smallest absolute Gasteiger partial charge is 0.234 e. The number of amides is 2. The molecule has 0 saturated carbocycles. The molecule has 3 atom stereocenters. The van der Waals surface area contributed by atoms with Crippen molar-refractivity contribution in [2.45, 2.75) is 38.1 Å². The topological polar surface area (TPSA) is 77.5 Å². The molecule has 29 heavy (non-hydrogen) atoms. The number of rotatable bonds is 4. The lowest BCUT2D eigenvalue weighted by molar-refractivity contribution is -0.311. The molecule has 1 heterocycles. The average Bonchev–Trinajstić information content (AvgIpc) is 2.97. The first-order valence-electron chi connectivity index (χ1n) is 10.2. The van der Waals surface area contributed by atoms with Crippen LogP contribution in [0.25, 0.3) is 0 Å². The molecule has 4 aliphatic rings. The Hall–Kier alpha value is -2.95. The molecule has 0 radical (unpaired) electrons. The maximum Gasteiger partial charge on any atom is 0.234 e. The summed E-state index contributed by atoms with van der Waals surface area (Å²) in [6, 6.07) is 14.7. The first kappa shape index (κ1) is 18.1. The standard InChI is InChI=1S/C24H23NO4/c1-12(2)11-17(24(28)29)25-22(26)20-18-13-7-3-4-8-14(13)19(21(20)23(25)27)16-10-6-5-9-15(16)18/h3-10,12,17-21H,11H2,1-2H3,(H,28,29)/p-1/t17-,18?,19?,20+,21+/m1/s1. The Balaban J connectivity index is 1.67. The highest BCUT2D eigenvalue weighted by molar-refractivity contribution is 6.09. The van der Waals surface area contributed by atoms with Gasteiger partial charge in [-0.2, -0.15) is 0 Å². The van der Waals surface area contributed by atoms with Crippen LogP contribution in [0.3, 0.4) is 0 Å². The third-order valence-corrected chi connectivity index (χ3v) is 6.76. The molecule has 1 fully saturated rings. The average molecular weight is 388 g/mol. The fourth-order valence-electron chi connectivity index (χ4n) is 5.76. The van der Waals surface area contributed by atoms with Crippen LogP contribution in [0.1, 0.15) is 54.4 Å². The number of carbonyl (C=O) groups is 3. The number of benzene rings is 2. The Bertz CT molecular complexity index is 927. The molecule has 2 bridgehead atoms. The van der Waals surface area contributed by atoms with Gasteiger partial charge in [-0.3, -0.25) is 14.5 Å². The fourth-order valence-corrected chi connectivity index (χ4v) is 5.76. The summed E-state index contributed by atoms with van der Waals surface area (Å²) in [5.41, 5.74) is 4.31. The minimum atomic E-state index is -1.36. The highest BCUT2D eigenvalue weighted by atomic mass is 16.4. The van der Waals surface area contributed by atoms with Crippen molar-refractivity contribution >= 4 is 17.8 Å². The molecule has 0 N–H and O–H groups in total. The summed E-state index contributed by atoms with van der Waals surface area (Å²) in [6.45, 7) is 3.76. The maximum absolute atomic E-state index is 13.5. The Labute approximate surface area is 169 Å². The van der Waals surface area contributed by atoms with Gasteiger partial charge in [0.1, 0.15) is 0 Å². The number of likely N-dealkylation sites (tertiary alicyclic amines) is 1. The number of carboxylic acids is 1. The van der Waals surface area contributed by atoms with Gasteiger partial charge in [0.2, 0.25) is 11.8 Å². The molecule has 2 aromatic rings.